The van der Waals surface area contributed by atoms with E-state index >= 15 is 0 Å². The summed E-state index contributed by atoms with van der Waals surface area (Å²) >= 11 is 6.04. The molecule has 0 spiro atoms. The number of carbonyl (C=O) groups excluding carboxylic acids is 2. The van der Waals surface area contributed by atoms with Gasteiger partial charge in [-0.3, -0.25) is 4.79 Å². The maximum atomic E-state index is 14.2. The fourth-order valence-corrected chi connectivity index (χ4v) is 2.88. The van der Waals surface area contributed by atoms with Crippen molar-refractivity contribution in [3.8, 4) is 11.3 Å². The molecule has 0 aliphatic heterocycles. The van der Waals surface area contributed by atoms with Crippen LogP contribution >= 0.6 is 11.6 Å². The Morgan fingerprint density at radius 2 is 1.96 bits per heavy atom. The Morgan fingerprint density at radius 1 is 1.21 bits per heavy atom. The highest BCUT2D eigenvalue weighted by Gasteiger charge is 2.27. The molecule has 3 rings (SSSR count). The number of anilines is 1. The van der Waals surface area contributed by atoms with Gasteiger partial charge in [0.25, 0.3) is 5.91 Å². The quantitative estimate of drug-likeness (QED) is 0.633. The number of ether oxygens (including phenoxy) is 1. The molecule has 6 nitrogen and oxygen atoms in total. The van der Waals surface area contributed by atoms with Crippen molar-refractivity contribution in [2.45, 2.75) is 13.8 Å². The van der Waals surface area contributed by atoms with Gasteiger partial charge >= 0.3 is 5.97 Å². The second-order valence-corrected chi connectivity index (χ2v) is 6.46. The van der Waals surface area contributed by atoms with Crippen LogP contribution in [0.25, 0.3) is 11.3 Å². The number of hydrogen-bond acceptors (Lipinski definition) is 5. The highest BCUT2D eigenvalue weighted by molar-refractivity contribution is 6.33. The minimum Gasteiger partial charge on any atom is -0.452 e. The molecule has 0 radical (unpaired) electrons. The lowest BCUT2D eigenvalue weighted by molar-refractivity contribution is -0.119. The highest BCUT2D eigenvalue weighted by Crippen LogP contribution is 2.33. The van der Waals surface area contributed by atoms with Crippen LogP contribution in [0.2, 0.25) is 5.02 Å². The van der Waals surface area contributed by atoms with Crippen LogP contribution < -0.4 is 5.32 Å². The summed E-state index contributed by atoms with van der Waals surface area (Å²) in [5.74, 6) is -1.92. The van der Waals surface area contributed by atoms with Gasteiger partial charge in [-0.25, -0.2) is 9.18 Å². The van der Waals surface area contributed by atoms with Gasteiger partial charge in [0.05, 0.1) is 10.6 Å². The number of amides is 1. The number of halogens is 2. The molecule has 1 N–H and O–H groups in total. The number of nitrogens with zero attached hydrogens (tertiary/aromatic N) is 1. The molecule has 8 heteroatoms. The van der Waals surface area contributed by atoms with Crippen LogP contribution in [-0.2, 0) is 9.53 Å². The van der Waals surface area contributed by atoms with Crippen LogP contribution in [0.3, 0.4) is 0 Å². The zero-order chi connectivity index (χ0) is 20.3. The molecule has 0 atom stereocenters. The largest absolute Gasteiger partial charge is 0.452 e. The molecular formula is C20H16ClFN2O4. The number of esters is 1. The third-order valence-electron chi connectivity index (χ3n) is 3.90. The monoisotopic (exact) mass is 402 g/mol. The zero-order valence-corrected chi connectivity index (χ0v) is 15.8. The standard InChI is InChI=1S/C20H16ClFN2O4/c1-11-5-3-6-13(9-11)23-16(25)10-27-20(26)17-12(2)28-24-19(17)18-14(21)7-4-8-15(18)22/h3-9H,10H2,1-2H3,(H,23,25). The van der Waals surface area contributed by atoms with Crippen molar-refractivity contribution in [1.82, 2.24) is 5.16 Å². The van der Waals surface area contributed by atoms with Crippen molar-refractivity contribution >= 4 is 29.2 Å². The van der Waals surface area contributed by atoms with E-state index < -0.39 is 24.3 Å². The van der Waals surface area contributed by atoms with E-state index in [1.807, 2.05) is 13.0 Å². The average molecular weight is 403 g/mol. The Morgan fingerprint density at radius 3 is 2.68 bits per heavy atom. The first-order valence-electron chi connectivity index (χ1n) is 8.31. The number of aryl methyl sites for hydroxylation is 2. The summed E-state index contributed by atoms with van der Waals surface area (Å²) in [6, 6.07) is 11.3. The average Bonchev–Trinajstić information content (AvgIpc) is 3.01. The lowest BCUT2D eigenvalue weighted by Gasteiger charge is -2.08. The number of aromatic nitrogens is 1. The van der Waals surface area contributed by atoms with Crippen molar-refractivity contribution < 1.29 is 23.2 Å². The van der Waals surface area contributed by atoms with Crippen LogP contribution in [0.5, 0.6) is 0 Å². The van der Waals surface area contributed by atoms with E-state index in [-0.39, 0.29) is 27.6 Å². The van der Waals surface area contributed by atoms with Gasteiger partial charge in [0.1, 0.15) is 22.8 Å². The van der Waals surface area contributed by atoms with Gasteiger partial charge in [-0.15, -0.1) is 0 Å². The summed E-state index contributed by atoms with van der Waals surface area (Å²) in [5, 5.41) is 6.43. The van der Waals surface area contributed by atoms with Crippen molar-refractivity contribution in [2.24, 2.45) is 0 Å². The second kappa shape index (κ2) is 8.22. The van der Waals surface area contributed by atoms with Gasteiger partial charge in [0.15, 0.2) is 6.61 Å². The molecule has 1 aromatic heterocycles. The fourth-order valence-electron chi connectivity index (χ4n) is 2.63. The highest BCUT2D eigenvalue weighted by atomic mass is 35.5. The summed E-state index contributed by atoms with van der Waals surface area (Å²) in [5.41, 5.74) is 1.32. The van der Waals surface area contributed by atoms with Gasteiger partial charge in [-0.1, -0.05) is 35.0 Å². The van der Waals surface area contributed by atoms with E-state index in [1.54, 1.807) is 18.2 Å². The molecule has 1 amide bonds. The molecule has 0 aliphatic rings. The molecule has 2 aromatic carbocycles. The molecule has 144 valence electrons. The third-order valence-corrected chi connectivity index (χ3v) is 4.22. The Hall–Kier alpha value is -3.19. The van der Waals surface area contributed by atoms with Gasteiger partial charge in [0.2, 0.25) is 0 Å². The van der Waals surface area contributed by atoms with E-state index in [4.69, 9.17) is 20.9 Å². The topological polar surface area (TPSA) is 81.4 Å². The van der Waals surface area contributed by atoms with Crippen molar-refractivity contribution in [3.05, 3.63) is 70.2 Å². The molecule has 28 heavy (non-hydrogen) atoms. The van der Waals surface area contributed by atoms with Crippen LogP contribution in [0, 0.1) is 19.7 Å². The summed E-state index contributed by atoms with van der Waals surface area (Å²) in [6.45, 7) is 2.84. The smallest absolute Gasteiger partial charge is 0.344 e. The summed E-state index contributed by atoms with van der Waals surface area (Å²) in [6.07, 6.45) is 0. The summed E-state index contributed by atoms with van der Waals surface area (Å²) in [4.78, 5) is 24.5. The first kappa shape index (κ1) is 19.6. The van der Waals surface area contributed by atoms with Crippen LogP contribution in [-0.4, -0.2) is 23.6 Å². The van der Waals surface area contributed by atoms with Gasteiger partial charge in [-0.2, -0.15) is 0 Å². The molecule has 0 saturated carbocycles. The van der Waals surface area contributed by atoms with E-state index in [9.17, 15) is 14.0 Å². The van der Waals surface area contributed by atoms with E-state index in [0.29, 0.717) is 5.69 Å². The summed E-state index contributed by atoms with van der Waals surface area (Å²) < 4.78 is 24.3. The molecular weight excluding hydrogens is 387 g/mol. The molecule has 1 heterocycles. The Balaban J connectivity index is 1.75. The minimum absolute atomic E-state index is 0.0690. The molecule has 0 saturated heterocycles. The number of benzene rings is 2. The number of carbonyl (C=O) groups is 2. The number of nitrogens with one attached hydrogen (secondary N) is 1. The van der Waals surface area contributed by atoms with E-state index in [0.717, 1.165) is 5.56 Å². The fraction of sp³-hybridized carbons (Fsp3) is 0.150. The zero-order valence-electron chi connectivity index (χ0n) is 15.1. The Bertz CT molecular complexity index is 1030. The maximum absolute atomic E-state index is 14.2. The lowest BCUT2D eigenvalue weighted by Crippen LogP contribution is -2.21. The van der Waals surface area contributed by atoms with Crippen LogP contribution in [0.15, 0.2) is 47.0 Å². The lowest BCUT2D eigenvalue weighted by atomic mass is 10.1. The molecule has 0 aliphatic carbocycles. The van der Waals surface area contributed by atoms with Crippen molar-refractivity contribution in [3.63, 3.8) is 0 Å². The first-order valence-corrected chi connectivity index (χ1v) is 8.69. The summed E-state index contributed by atoms with van der Waals surface area (Å²) in [7, 11) is 0. The van der Waals surface area contributed by atoms with Gasteiger partial charge in [-0.05, 0) is 43.7 Å². The van der Waals surface area contributed by atoms with Gasteiger partial charge < -0.3 is 14.6 Å². The SMILES string of the molecule is Cc1cccc(NC(=O)COC(=O)c2c(-c3c(F)cccc3Cl)noc2C)c1. The van der Waals surface area contributed by atoms with Crippen molar-refractivity contribution in [1.29, 1.82) is 0 Å². The predicted molar refractivity (Wildman–Crippen MR) is 102 cm³/mol. The Kier molecular flexibility index (Phi) is 5.75. The maximum Gasteiger partial charge on any atom is 0.344 e. The second-order valence-electron chi connectivity index (χ2n) is 6.05. The first-order chi connectivity index (χ1) is 13.4. The Labute approximate surface area is 165 Å². The molecule has 3 aromatic rings. The van der Waals surface area contributed by atoms with E-state index in [1.165, 1.54) is 25.1 Å². The van der Waals surface area contributed by atoms with E-state index in [2.05, 4.69) is 10.5 Å². The number of hydrogen-bond donors (Lipinski definition) is 1. The van der Waals surface area contributed by atoms with Gasteiger partial charge in [0, 0.05) is 5.69 Å². The molecule has 0 fully saturated rings. The minimum atomic E-state index is -0.868. The molecule has 0 unspecified atom stereocenters. The van der Waals surface area contributed by atoms with Crippen LogP contribution in [0.1, 0.15) is 21.7 Å². The van der Waals surface area contributed by atoms with Crippen LogP contribution in [0.4, 0.5) is 10.1 Å². The normalized spacial score (nSPS) is 10.6. The number of rotatable bonds is 5. The molecule has 0 bridgehead atoms. The van der Waals surface area contributed by atoms with Crippen molar-refractivity contribution in [2.75, 3.05) is 11.9 Å². The third kappa shape index (κ3) is 4.20. The predicted octanol–water partition coefficient (Wildman–Crippen LogP) is 4.55.